The third-order valence-electron chi connectivity index (χ3n) is 5.01. The van der Waals surface area contributed by atoms with Gasteiger partial charge in [-0.25, -0.2) is 13.4 Å². The Balaban J connectivity index is 1.71. The molecule has 0 aliphatic carbocycles. The smallest absolute Gasteiger partial charge is 0.264 e. The second-order valence-corrected chi connectivity index (χ2v) is 11.3. The molecule has 34 heavy (non-hydrogen) atoms. The van der Waals surface area contributed by atoms with Gasteiger partial charge in [0.25, 0.3) is 5.91 Å². The fraction of sp³-hybridized carbons (Fsp3) is 0.227. The zero-order valence-electron chi connectivity index (χ0n) is 18.2. The summed E-state index contributed by atoms with van der Waals surface area (Å²) in [5.41, 5.74) is 8.64. The fourth-order valence-electron chi connectivity index (χ4n) is 3.45. The second kappa shape index (κ2) is 9.34. The molecule has 9 nitrogen and oxygen atoms in total. The zero-order valence-corrected chi connectivity index (χ0v) is 20.6. The summed E-state index contributed by atoms with van der Waals surface area (Å²) >= 11 is 7.38. The van der Waals surface area contributed by atoms with E-state index < -0.39 is 21.8 Å². The minimum Gasteiger partial charge on any atom is -0.469 e. The largest absolute Gasteiger partial charge is 0.469 e. The Morgan fingerprint density at radius 3 is 2.68 bits per heavy atom. The van der Waals surface area contributed by atoms with Crippen LogP contribution in [0.3, 0.4) is 0 Å². The Kier molecular flexibility index (Phi) is 6.63. The molecule has 3 heterocycles. The first kappa shape index (κ1) is 24.1. The molecule has 0 saturated carbocycles. The number of aliphatic hydroxyl groups is 1. The number of thiazole rings is 1. The summed E-state index contributed by atoms with van der Waals surface area (Å²) in [6, 6.07) is 8.53. The van der Waals surface area contributed by atoms with Gasteiger partial charge in [0.1, 0.15) is 22.5 Å². The average Bonchev–Trinajstić information content (AvgIpc) is 3.36. The van der Waals surface area contributed by atoms with Gasteiger partial charge in [-0.1, -0.05) is 29.8 Å². The van der Waals surface area contributed by atoms with E-state index in [-0.39, 0.29) is 23.1 Å². The number of carbonyl (C=O) groups excluding carboxylic acids is 1. The van der Waals surface area contributed by atoms with E-state index in [4.69, 9.17) is 22.1 Å². The number of nitrogens with zero attached hydrogens (tertiary/aromatic N) is 3. The molecular formula is C22H21ClN4O5S2. The number of pyridine rings is 1. The molecule has 0 unspecified atom stereocenters. The van der Waals surface area contributed by atoms with Gasteiger partial charge in [-0.3, -0.25) is 9.20 Å². The van der Waals surface area contributed by atoms with Crippen molar-refractivity contribution < 1.29 is 23.1 Å². The summed E-state index contributed by atoms with van der Waals surface area (Å²) in [7, 11) is -3.22. The van der Waals surface area contributed by atoms with E-state index >= 15 is 0 Å². The molecule has 1 amide bonds. The Bertz CT molecular complexity index is 1500. The average molecular weight is 521 g/mol. The third kappa shape index (κ3) is 5.07. The number of halogens is 1. The summed E-state index contributed by atoms with van der Waals surface area (Å²) in [6.45, 7) is 1.62. The van der Waals surface area contributed by atoms with Crippen molar-refractivity contribution in [2.45, 2.75) is 25.4 Å². The van der Waals surface area contributed by atoms with E-state index in [9.17, 15) is 18.3 Å². The molecule has 0 aliphatic heterocycles. The van der Waals surface area contributed by atoms with Crippen molar-refractivity contribution in [1.29, 1.82) is 0 Å². The molecule has 0 fully saturated rings. The molecule has 0 bridgehead atoms. The molecule has 4 aromatic rings. The zero-order chi connectivity index (χ0) is 24.6. The number of nitrogens with two attached hydrogens (primary N) is 1. The van der Waals surface area contributed by atoms with Crippen molar-refractivity contribution in [2.75, 3.05) is 6.26 Å². The SMILES string of the molecule is C[C@@H](Oc1nc(-c2cnc3ccc(CS(C)(=O)=O)cn23)sc1C(N)=O)c1ccc(CO)cc1Cl. The Morgan fingerprint density at radius 2 is 2.03 bits per heavy atom. The van der Waals surface area contributed by atoms with Crippen molar-refractivity contribution >= 4 is 44.3 Å². The first-order valence-corrected chi connectivity index (χ1v) is 13.3. The van der Waals surface area contributed by atoms with Crippen LogP contribution in [0.25, 0.3) is 16.3 Å². The maximum Gasteiger partial charge on any atom is 0.264 e. The summed E-state index contributed by atoms with van der Waals surface area (Å²) in [5, 5.41) is 10.1. The number of amides is 1. The van der Waals surface area contributed by atoms with Crippen LogP contribution in [0, 0.1) is 0 Å². The number of carbonyl (C=O) groups is 1. The number of sulfone groups is 1. The van der Waals surface area contributed by atoms with E-state index in [1.165, 1.54) is 6.26 Å². The Morgan fingerprint density at radius 1 is 1.29 bits per heavy atom. The normalized spacial score (nSPS) is 12.7. The van der Waals surface area contributed by atoms with Crippen LogP contribution in [0.15, 0.2) is 42.7 Å². The number of aliphatic hydroxyl groups excluding tert-OH is 1. The van der Waals surface area contributed by atoms with Gasteiger partial charge in [-0.05, 0) is 30.2 Å². The molecule has 12 heteroatoms. The summed E-state index contributed by atoms with van der Waals surface area (Å²) in [6.07, 6.45) is 3.87. The molecule has 0 saturated heterocycles. The van der Waals surface area contributed by atoms with Crippen LogP contribution in [0.2, 0.25) is 5.02 Å². The fourth-order valence-corrected chi connectivity index (χ4v) is 5.44. The van der Waals surface area contributed by atoms with Crippen LogP contribution in [-0.4, -0.2) is 40.1 Å². The summed E-state index contributed by atoms with van der Waals surface area (Å²) < 4.78 is 31.1. The molecule has 0 spiro atoms. The van der Waals surface area contributed by atoms with Crippen LogP contribution in [0.4, 0.5) is 0 Å². The number of benzene rings is 1. The Hall–Kier alpha value is -2.99. The number of fused-ring (bicyclic) bond motifs is 1. The number of imidazole rings is 1. The minimum absolute atomic E-state index is 0.0598. The molecule has 0 radical (unpaired) electrons. The van der Waals surface area contributed by atoms with E-state index in [1.54, 1.807) is 54.0 Å². The maximum absolute atomic E-state index is 12.1. The van der Waals surface area contributed by atoms with Gasteiger partial charge in [-0.2, -0.15) is 4.98 Å². The monoisotopic (exact) mass is 520 g/mol. The number of ether oxygens (including phenoxy) is 1. The molecule has 3 aromatic heterocycles. The number of hydrogen-bond acceptors (Lipinski definition) is 8. The molecular weight excluding hydrogens is 500 g/mol. The van der Waals surface area contributed by atoms with Crippen molar-refractivity contribution in [3.63, 3.8) is 0 Å². The van der Waals surface area contributed by atoms with Crippen LogP contribution in [0.1, 0.15) is 39.4 Å². The first-order chi connectivity index (χ1) is 16.1. The van der Waals surface area contributed by atoms with Crippen molar-refractivity contribution in [2.24, 2.45) is 5.73 Å². The van der Waals surface area contributed by atoms with Gasteiger partial charge in [0.2, 0.25) is 5.88 Å². The highest BCUT2D eigenvalue weighted by atomic mass is 35.5. The topological polar surface area (TPSA) is 137 Å². The van der Waals surface area contributed by atoms with E-state index in [1.807, 2.05) is 0 Å². The molecule has 1 aromatic carbocycles. The van der Waals surface area contributed by atoms with Gasteiger partial charge in [0.15, 0.2) is 14.7 Å². The minimum atomic E-state index is -3.22. The summed E-state index contributed by atoms with van der Waals surface area (Å²) in [5.74, 6) is -0.754. The molecule has 3 N–H and O–H groups in total. The lowest BCUT2D eigenvalue weighted by molar-refractivity contribution is 0.0997. The van der Waals surface area contributed by atoms with Gasteiger partial charge >= 0.3 is 0 Å². The van der Waals surface area contributed by atoms with Crippen LogP contribution in [0.5, 0.6) is 5.88 Å². The standard InChI is InChI=1S/C22H21ClN4O5S2/c1-12(15-5-3-13(10-28)7-16(15)23)32-21-19(20(24)29)33-22(26-21)17-8-25-18-6-4-14(9-27(17)18)11-34(2,30)31/h3-9,12,28H,10-11H2,1-2H3,(H2,24,29)/t12-/m1/s1. The van der Waals surface area contributed by atoms with Gasteiger partial charge in [0, 0.05) is 23.0 Å². The third-order valence-corrected chi connectivity index (χ3v) is 7.27. The predicted octanol–water partition coefficient (Wildman–Crippen LogP) is 3.39. The first-order valence-electron chi connectivity index (χ1n) is 10.1. The van der Waals surface area contributed by atoms with Crippen LogP contribution >= 0.6 is 22.9 Å². The van der Waals surface area contributed by atoms with Crippen molar-refractivity contribution in [3.05, 3.63) is 69.3 Å². The van der Waals surface area contributed by atoms with Crippen molar-refractivity contribution in [1.82, 2.24) is 14.4 Å². The lowest BCUT2D eigenvalue weighted by Crippen LogP contribution is -2.12. The summed E-state index contributed by atoms with van der Waals surface area (Å²) in [4.78, 5) is 21.1. The predicted molar refractivity (Wildman–Crippen MR) is 130 cm³/mol. The lowest BCUT2D eigenvalue weighted by atomic mass is 10.1. The molecule has 178 valence electrons. The number of rotatable bonds is 8. The van der Waals surface area contributed by atoms with E-state index in [0.717, 1.165) is 11.3 Å². The second-order valence-electron chi connectivity index (χ2n) is 7.77. The van der Waals surface area contributed by atoms with E-state index in [0.29, 0.717) is 38.1 Å². The highest BCUT2D eigenvalue weighted by Gasteiger charge is 2.23. The van der Waals surface area contributed by atoms with Crippen LogP contribution < -0.4 is 10.5 Å². The van der Waals surface area contributed by atoms with Gasteiger partial charge < -0.3 is 15.6 Å². The molecule has 4 rings (SSSR count). The Labute approximate surface area is 204 Å². The number of primary amides is 1. The van der Waals surface area contributed by atoms with Gasteiger partial charge in [0.05, 0.1) is 18.6 Å². The quantitative estimate of drug-likeness (QED) is 0.363. The lowest BCUT2D eigenvalue weighted by Gasteiger charge is -2.15. The highest BCUT2D eigenvalue weighted by molar-refractivity contribution is 7.89. The van der Waals surface area contributed by atoms with Crippen molar-refractivity contribution in [3.8, 4) is 16.6 Å². The highest BCUT2D eigenvalue weighted by Crippen LogP contribution is 2.36. The van der Waals surface area contributed by atoms with E-state index in [2.05, 4.69) is 9.97 Å². The van der Waals surface area contributed by atoms with Crippen LogP contribution in [-0.2, 0) is 22.2 Å². The molecule has 1 atom stereocenters. The number of hydrogen-bond donors (Lipinski definition) is 2. The molecule has 0 aliphatic rings. The van der Waals surface area contributed by atoms with Gasteiger partial charge in [-0.15, -0.1) is 11.3 Å². The maximum atomic E-state index is 12.1. The number of aromatic nitrogens is 3.